The third-order valence-corrected chi connectivity index (χ3v) is 3.60. The van der Waals surface area contributed by atoms with Crippen molar-refractivity contribution >= 4 is 34.2 Å². The topological polar surface area (TPSA) is 67.0 Å². The van der Waals surface area contributed by atoms with E-state index in [1.165, 1.54) is 0 Å². The van der Waals surface area contributed by atoms with E-state index >= 15 is 0 Å². The minimum absolute atomic E-state index is 0.0499. The number of fused-ring (bicyclic) bond motifs is 1. The fourth-order valence-electron chi connectivity index (χ4n) is 2.36. The molecular weight excluding hydrogens is 314 g/mol. The predicted molar refractivity (Wildman–Crippen MR) is 91.1 cm³/mol. The van der Waals surface area contributed by atoms with E-state index in [0.29, 0.717) is 16.7 Å². The highest BCUT2D eigenvalue weighted by Gasteiger charge is 2.07. The van der Waals surface area contributed by atoms with Crippen LogP contribution in [0.25, 0.3) is 11.0 Å². The Morgan fingerprint density at radius 2 is 2.09 bits per heavy atom. The monoisotopic (exact) mass is 329 g/mol. The van der Waals surface area contributed by atoms with E-state index in [4.69, 9.17) is 16.3 Å². The summed E-state index contributed by atoms with van der Waals surface area (Å²) in [5, 5.41) is 3.11. The zero-order valence-electron chi connectivity index (χ0n) is 12.8. The van der Waals surface area contributed by atoms with Crippen LogP contribution in [-0.2, 0) is 4.79 Å². The first-order valence-electron chi connectivity index (χ1n) is 7.16. The number of aromatic amines is 1. The van der Waals surface area contributed by atoms with Crippen LogP contribution in [0.5, 0.6) is 5.75 Å². The number of halogens is 1. The van der Waals surface area contributed by atoms with Crippen LogP contribution in [0.15, 0.2) is 36.4 Å². The van der Waals surface area contributed by atoms with Gasteiger partial charge in [0.2, 0.25) is 5.28 Å². The van der Waals surface area contributed by atoms with Crippen LogP contribution in [-0.4, -0.2) is 22.5 Å². The molecule has 3 rings (SSSR count). The molecule has 0 unspecified atom stereocenters. The van der Waals surface area contributed by atoms with Gasteiger partial charge in [0, 0.05) is 5.69 Å². The van der Waals surface area contributed by atoms with Gasteiger partial charge in [-0.05, 0) is 55.3 Å². The first-order chi connectivity index (χ1) is 11.0. The highest BCUT2D eigenvalue weighted by molar-refractivity contribution is 6.29. The Hall–Kier alpha value is -2.53. The number of hydrogen-bond donors (Lipinski definition) is 2. The van der Waals surface area contributed by atoms with Gasteiger partial charge in [-0.15, -0.1) is 0 Å². The van der Waals surface area contributed by atoms with Crippen molar-refractivity contribution in [1.29, 1.82) is 0 Å². The first kappa shape index (κ1) is 15.4. The third-order valence-electron chi connectivity index (χ3n) is 3.43. The quantitative estimate of drug-likeness (QED) is 0.764. The number of ether oxygens (including phenoxy) is 1. The number of aromatic nitrogens is 2. The summed E-state index contributed by atoms with van der Waals surface area (Å²) < 4.78 is 5.56. The lowest BCUT2D eigenvalue weighted by Gasteiger charge is -2.10. The molecule has 2 aromatic carbocycles. The fourth-order valence-corrected chi connectivity index (χ4v) is 2.55. The number of H-pyrrole nitrogens is 1. The summed E-state index contributed by atoms with van der Waals surface area (Å²) in [6, 6.07) is 11.2. The largest absolute Gasteiger partial charge is 0.483 e. The van der Waals surface area contributed by atoms with Gasteiger partial charge in [0.1, 0.15) is 5.75 Å². The van der Waals surface area contributed by atoms with E-state index in [9.17, 15) is 4.79 Å². The normalized spacial score (nSPS) is 10.7. The molecule has 23 heavy (non-hydrogen) atoms. The smallest absolute Gasteiger partial charge is 0.262 e. The molecule has 0 spiro atoms. The number of nitrogens with one attached hydrogen (secondary N) is 2. The molecule has 0 aliphatic carbocycles. The molecule has 0 fully saturated rings. The number of benzene rings is 2. The second-order valence-corrected chi connectivity index (χ2v) is 5.72. The highest BCUT2D eigenvalue weighted by Crippen LogP contribution is 2.20. The van der Waals surface area contributed by atoms with Crippen molar-refractivity contribution in [3.05, 3.63) is 52.8 Å². The van der Waals surface area contributed by atoms with Crippen molar-refractivity contribution < 1.29 is 9.53 Å². The Bertz CT molecular complexity index is 873. The molecule has 3 aromatic rings. The number of amides is 1. The number of nitrogens with zero attached hydrogens (tertiary/aromatic N) is 1. The number of anilines is 1. The predicted octanol–water partition coefficient (Wildman–Crippen LogP) is 3.85. The van der Waals surface area contributed by atoms with E-state index < -0.39 is 0 Å². The first-order valence-corrected chi connectivity index (χ1v) is 7.54. The van der Waals surface area contributed by atoms with Gasteiger partial charge in [0.15, 0.2) is 6.61 Å². The molecule has 0 aliphatic heterocycles. The Balaban J connectivity index is 1.63. The highest BCUT2D eigenvalue weighted by atomic mass is 35.5. The Morgan fingerprint density at radius 1 is 1.26 bits per heavy atom. The molecule has 5 nitrogen and oxygen atoms in total. The van der Waals surface area contributed by atoms with Crippen molar-refractivity contribution in [2.45, 2.75) is 13.8 Å². The number of hydrogen-bond acceptors (Lipinski definition) is 3. The average Bonchev–Trinajstić information content (AvgIpc) is 2.85. The van der Waals surface area contributed by atoms with Crippen LogP contribution < -0.4 is 10.1 Å². The molecule has 6 heteroatoms. The van der Waals surface area contributed by atoms with Gasteiger partial charge in [-0.2, -0.15) is 0 Å². The zero-order chi connectivity index (χ0) is 16.4. The lowest BCUT2D eigenvalue weighted by atomic mass is 10.1. The minimum atomic E-state index is -0.227. The second kappa shape index (κ2) is 6.30. The average molecular weight is 330 g/mol. The van der Waals surface area contributed by atoms with E-state index in [0.717, 1.165) is 22.2 Å². The Labute approximate surface area is 138 Å². The van der Waals surface area contributed by atoms with E-state index in [1.807, 2.05) is 32.0 Å². The molecule has 0 bridgehead atoms. The van der Waals surface area contributed by atoms with Crippen molar-refractivity contribution in [3.8, 4) is 5.75 Å². The summed E-state index contributed by atoms with van der Waals surface area (Å²) in [6.07, 6.45) is 0. The molecular formula is C17H16ClN3O2. The Kier molecular flexibility index (Phi) is 4.21. The molecule has 0 saturated heterocycles. The molecule has 118 valence electrons. The minimum Gasteiger partial charge on any atom is -0.483 e. The molecule has 1 amide bonds. The number of aryl methyl sites for hydroxylation is 2. The number of carbonyl (C=O) groups excluding carboxylic acids is 1. The molecule has 0 radical (unpaired) electrons. The zero-order valence-corrected chi connectivity index (χ0v) is 13.6. The van der Waals surface area contributed by atoms with Gasteiger partial charge < -0.3 is 15.0 Å². The third kappa shape index (κ3) is 3.63. The molecule has 2 N–H and O–H groups in total. The molecule has 1 aromatic heterocycles. The van der Waals surface area contributed by atoms with Crippen molar-refractivity contribution in [2.75, 3.05) is 11.9 Å². The van der Waals surface area contributed by atoms with E-state index in [1.54, 1.807) is 18.2 Å². The summed E-state index contributed by atoms with van der Waals surface area (Å²) in [5.74, 6) is 0.483. The second-order valence-electron chi connectivity index (χ2n) is 5.37. The molecule has 1 heterocycles. The molecule has 0 atom stereocenters. The van der Waals surface area contributed by atoms with Gasteiger partial charge in [-0.3, -0.25) is 4.79 Å². The molecule has 0 aliphatic rings. The van der Waals surface area contributed by atoms with Crippen LogP contribution in [0.2, 0.25) is 5.28 Å². The van der Waals surface area contributed by atoms with Crippen LogP contribution in [0.1, 0.15) is 11.1 Å². The van der Waals surface area contributed by atoms with Crippen molar-refractivity contribution in [2.24, 2.45) is 0 Å². The maximum absolute atomic E-state index is 12.0. The van der Waals surface area contributed by atoms with Crippen molar-refractivity contribution in [1.82, 2.24) is 9.97 Å². The van der Waals surface area contributed by atoms with E-state index in [2.05, 4.69) is 15.3 Å². The molecule has 0 saturated carbocycles. The van der Waals surface area contributed by atoms with Gasteiger partial charge in [0.05, 0.1) is 11.0 Å². The van der Waals surface area contributed by atoms with Gasteiger partial charge >= 0.3 is 0 Å². The SMILES string of the molecule is Cc1ccc(OCC(=O)Nc2ccc3nc(Cl)[nH]c3c2)c(C)c1. The van der Waals surface area contributed by atoms with Gasteiger partial charge in [0.25, 0.3) is 5.91 Å². The summed E-state index contributed by atoms with van der Waals surface area (Å²) in [7, 11) is 0. The van der Waals surface area contributed by atoms with Crippen LogP contribution in [0.4, 0.5) is 5.69 Å². The number of carbonyl (C=O) groups is 1. The standard InChI is InChI=1S/C17H16ClN3O2/c1-10-3-6-15(11(2)7-10)23-9-16(22)19-12-4-5-13-14(8-12)21-17(18)20-13/h3-8H,9H2,1-2H3,(H,19,22)(H,20,21). The van der Waals surface area contributed by atoms with Crippen LogP contribution in [0.3, 0.4) is 0 Å². The maximum Gasteiger partial charge on any atom is 0.262 e. The summed E-state index contributed by atoms with van der Waals surface area (Å²) >= 11 is 5.81. The van der Waals surface area contributed by atoms with Crippen LogP contribution >= 0.6 is 11.6 Å². The lowest BCUT2D eigenvalue weighted by molar-refractivity contribution is -0.118. The van der Waals surface area contributed by atoms with E-state index in [-0.39, 0.29) is 12.5 Å². The van der Waals surface area contributed by atoms with Crippen molar-refractivity contribution in [3.63, 3.8) is 0 Å². The summed E-state index contributed by atoms with van der Waals surface area (Å²) in [4.78, 5) is 19.0. The lowest BCUT2D eigenvalue weighted by Crippen LogP contribution is -2.20. The fraction of sp³-hybridized carbons (Fsp3) is 0.176. The Morgan fingerprint density at radius 3 is 2.87 bits per heavy atom. The van der Waals surface area contributed by atoms with Gasteiger partial charge in [-0.1, -0.05) is 17.7 Å². The number of rotatable bonds is 4. The maximum atomic E-state index is 12.0. The summed E-state index contributed by atoms with van der Waals surface area (Å²) in [6.45, 7) is 3.92. The summed E-state index contributed by atoms with van der Waals surface area (Å²) in [5.41, 5.74) is 4.34. The number of imidazole rings is 1. The van der Waals surface area contributed by atoms with Crippen LogP contribution in [0, 0.1) is 13.8 Å². The van der Waals surface area contributed by atoms with Gasteiger partial charge in [-0.25, -0.2) is 4.98 Å².